The van der Waals surface area contributed by atoms with E-state index in [0.717, 1.165) is 22.3 Å². The van der Waals surface area contributed by atoms with Crippen LogP contribution in [-0.2, 0) is 22.5 Å². The molecule has 0 saturated carbocycles. The number of rotatable bonds is 14. The molecule has 0 aliphatic carbocycles. The van der Waals surface area contributed by atoms with Gasteiger partial charge in [-0.2, -0.15) is 0 Å². The Labute approximate surface area is 257 Å². The van der Waals surface area contributed by atoms with Crippen LogP contribution in [0.15, 0.2) is 108 Å². The number of carbonyl (C=O) groups excluding carboxylic acids is 1. The van der Waals surface area contributed by atoms with Crippen LogP contribution in [0.4, 0.5) is 0 Å². The lowest BCUT2D eigenvalue weighted by Gasteiger charge is -2.31. The lowest BCUT2D eigenvalue weighted by Crippen LogP contribution is -2.53. The number of carbonyl (C=O) groups is 1. The summed E-state index contributed by atoms with van der Waals surface area (Å²) >= 11 is 0. The minimum atomic E-state index is -1.32. The van der Waals surface area contributed by atoms with Crippen LogP contribution in [-0.4, -0.2) is 49.9 Å². The second-order valence-electron chi connectivity index (χ2n) is 10.4. The summed E-state index contributed by atoms with van der Waals surface area (Å²) in [4.78, 5) is 19.4. The molecule has 0 saturated heterocycles. The van der Waals surface area contributed by atoms with E-state index >= 15 is 0 Å². The minimum absolute atomic E-state index is 0.0678. The van der Waals surface area contributed by atoms with Crippen LogP contribution >= 0.6 is 0 Å². The smallest absolute Gasteiger partial charge is 0.266 e. The molecule has 1 heterocycles. The predicted molar refractivity (Wildman–Crippen MR) is 168 cm³/mol. The third kappa shape index (κ3) is 7.02. The fraction of sp³-hybridized carbons (Fsp3) is 0.257. The van der Waals surface area contributed by atoms with Crippen LogP contribution in [0.3, 0.4) is 0 Å². The molecule has 0 bridgehead atoms. The van der Waals surface area contributed by atoms with Crippen molar-refractivity contribution in [1.82, 2.24) is 10.9 Å². The van der Waals surface area contributed by atoms with Gasteiger partial charge in [0.05, 0.1) is 20.8 Å². The maximum atomic E-state index is 14.3. The third-order valence-corrected chi connectivity index (χ3v) is 7.39. The molecule has 4 aromatic carbocycles. The summed E-state index contributed by atoms with van der Waals surface area (Å²) in [6, 6.07) is 32.5. The molecule has 9 heteroatoms. The van der Waals surface area contributed by atoms with Gasteiger partial charge < -0.3 is 24.1 Å². The van der Waals surface area contributed by atoms with E-state index in [0.29, 0.717) is 49.1 Å². The Morgan fingerprint density at radius 3 is 2.27 bits per heavy atom. The minimum Gasteiger partial charge on any atom is -0.494 e. The molecule has 4 aromatic rings. The standard InChI is InChI=1S/C35H37N3O6/c1-41-30-19-14-26(22-31(30)42-2)24-36-38-34(40)35(23-25-10-5-3-6-11-25)32(27-12-7-4-8-13-27)44-33(37-35)28-15-17-29(18-16-28)43-21-9-20-39/h3-8,10-19,22,32,36,39H,9,20-21,23-24H2,1-2H3,(H,38,40)/t32-,35-/m0/s1. The number of hydrazine groups is 1. The van der Waals surface area contributed by atoms with E-state index in [9.17, 15) is 4.79 Å². The highest BCUT2D eigenvalue weighted by molar-refractivity contribution is 6.01. The average Bonchev–Trinajstić information content (AvgIpc) is 3.46. The van der Waals surface area contributed by atoms with Crippen molar-refractivity contribution in [3.05, 3.63) is 125 Å². The first-order valence-corrected chi connectivity index (χ1v) is 14.5. The van der Waals surface area contributed by atoms with Gasteiger partial charge in [0.1, 0.15) is 5.75 Å². The van der Waals surface area contributed by atoms with Gasteiger partial charge in [0.2, 0.25) is 5.90 Å². The zero-order chi connectivity index (χ0) is 30.8. The maximum absolute atomic E-state index is 14.3. The molecule has 0 radical (unpaired) electrons. The van der Waals surface area contributed by atoms with Crippen LogP contribution in [0.2, 0.25) is 0 Å². The molecule has 3 N–H and O–H groups in total. The first-order chi connectivity index (χ1) is 21.6. The number of ether oxygens (including phenoxy) is 4. The average molecular weight is 596 g/mol. The van der Waals surface area contributed by atoms with Crippen molar-refractivity contribution in [2.24, 2.45) is 4.99 Å². The first kappa shape index (κ1) is 30.6. The molecule has 5 rings (SSSR count). The largest absolute Gasteiger partial charge is 0.494 e. The molecule has 1 amide bonds. The summed E-state index contributed by atoms with van der Waals surface area (Å²) in [5.41, 5.74) is 8.08. The molecule has 1 aliphatic heterocycles. The van der Waals surface area contributed by atoms with Gasteiger partial charge in [0.25, 0.3) is 5.91 Å². The molecule has 2 atom stereocenters. The van der Waals surface area contributed by atoms with E-state index in [1.807, 2.05) is 103 Å². The molecule has 0 spiro atoms. The van der Waals surface area contributed by atoms with Gasteiger partial charge in [0, 0.05) is 31.6 Å². The first-order valence-electron chi connectivity index (χ1n) is 14.5. The number of benzene rings is 4. The van der Waals surface area contributed by atoms with Crippen LogP contribution in [0.1, 0.15) is 34.8 Å². The molecule has 0 unspecified atom stereocenters. The van der Waals surface area contributed by atoms with Crippen molar-refractivity contribution in [3.8, 4) is 17.2 Å². The molecule has 9 nitrogen and oxygen atoms in total. The summed E-state index contributed by atoms with van der Waals surface area (Å²) in [6.07, 6.45) is 0.165. The highest BCUT2D eigenvalue weighted by Crippen LogP contribution is 2.42. The Bertz CT molecular complexity index is 1550. The normalized spacial score (nSPS) is 17.3. The predicted octanol–water partition coefficient (Wildman–Crippen LogP) is 4.79. The number of aliphatic hydroxyl groups is 1. The monoisotopic (exact) mass is 595 g/mol. The second-order valence-corrected chi connectivity index (χ2v) is 10.4. The van der Waals surface area contributed by atoms with E-state index < -0.39 is 11.6 Å². The lowest BCUT2D eigenvalue weighted by molar-refractivity contribution is -0.130. The van der Waals surface area contributed by atoms with Crippen molar-refractivity contribution >= 4 is 11.8 Å². The molecule has 44 heavy (non-hydrogen) atoms. The highest BCUT2D eigenvalue weighted by Gasteiger charge is 2.53. The summed E-state index contributed by atoms with van der Waals surface area (Å²) in [7, 11) is 3.17. The van der Waals surface area contributed by atoms with Crippen LogP contribution in [0.25, 0.3) is 0 Å². The zero-order valence-corrected chi connectivity index (χ0v) is 24.9. The van der Waals surface area contributed by atoms with Gasteiger partial charge in [-0.15, -0.1) is 0 Å². The van der Waals surface area contributed by atoms with E-state index in [-0.39, 0.29) is 12.5 Å². The quantitative estimate of drug-likeness (QED) is 0.142. The van der Waals surface area contributed by atoms with Gasteiger partial charge in [-0.25, -0.2) is 10.4 Å². The van der Waals surface area contributed by atoms with E-state index in [1.54, 1.807) is 14.2 Å². The SMILES string of the molecule is COc1ccc(CNNC(=O)[C@@]2(Cc3ccccc3)N=C(c3ccc(OCCCO)cc3)O[C@H]2c2ccccc2)cc1OC. The van der Waals surface area contributed by atoms with E-state index in [2.05, 4.69) is 10.9 Å². The number of methoxy groups -OCH3 is 2. The fourth-order valence-electron chi connectivity index (χ4n) is 5.14. The molecular formula is C35H37N3O6. The second kappa shape index (κ2) is 14.5. The van der Waals surface area contributed by atoms with Gasteiger partial charge in [0.15, 0.2) is 23.1 Å². The molecule has 1 aliphatic rings. The highest BCUT2D eigenvalue weighted by atomic mass is 16.5. The van der Waals surface area contributed by atoms with Crippen LogP contribution in [0.5, 0.6) is 17.2 Å². The van der Waals surface area contributed by atoms with Crippen molar-refractivity contribution < 1.29 is 28.8 Å². The summed E-state index contributed by atoms with van der Waals surface area (Å²) in [5, 5.41) is 9.04. The van der Waals surface area contributed by atoms with Crippen molar-refractivity contribution in [2.75, 3.05) is 27.4 Å². The summed E-state index contributed by atoms with van der Waals surface area (Å²) in [5.74, 6) is 1.95. The molecule has 228 valence electrons. The number of hydrogen-bond acceptors (Lipinski definition) is 8. The Balaban J connectivity index is 1.46. The zero-order valence-electron chi connectivity index (χ0n) is 24.9. The number of amides is 1. The fourth-order valence-corrected chi connectivity index (χ4v) is 5.14. The van der Waals surface area contributed by atoms with Gasteiger partial charge in [-0.3, -0.25) is 10.2 Å². The topological polar surface area (TPSA) is 111 Å². The van der Waals surface area contributed by atoms with Gasteiger partial charge in [-0.1, -0.05) is 66.7 Å². The van der Waals surface area contributed by atoms with E-state index in [4.69, 9.17) is 29.0 Å². The van der Waals surface area contributed by atoms with Crippen molar-refractivity contribution in [2.45, 2.75) is 31.0 Å². The van der Waals surface area contributed by atoms with Gasteiger partial charge in [-0.05, 0) is 53.1 Å². The molecule has 0 aromatic heterocycles. The number of aliphatic imine (C=N–C) groups is 1. The molecular weight excluding hydrogens is 558 g/mol. The Hall–Kier alpha value is -4.86. The Morgan fingerprint density at radius 1 is 0.886 bits per heavy atom. The van der Waals surface area contributed by atoms with Crippen molar-refractivity contribution in [3.63, 3.8) is 0 Å². The molecule has 0 fully saturated rings. The number of nitrogens with one attached hydrogen (secondary N) is 2. The Kier molecular flexibility index (Phi) is 10.1. The maximum Gasteiger partial charge on any atom is 0.266 e. The summed E-state index contributed by atoms with van der Waals surface area (Å²) < 4.78 is 23.0. The van der Waals surface area contributed by atoms with Crippen LogP contribution < -0.4 is 25.1 Å². The number of aliphatic hydroxyl groups excluding tert-OH is 1. The summed E-state index contributed by atoms with van der Waals surface area (Å²) in [6.45, 7) is 0.830. The number of nitrogens with zero attached hydrogens (tertiary/aromatic N) is 1. The van der Waals surface area contributed by atoms with Gasteiger partial charge >= 0.3 is 0 Å². The lowest BCUT2D eigenvalue weighted by atomic mass is 9.82. The Morgan fingerprint density at radius 2 is 1.59 bits per heavy atom. The third-order valence-electron chi connectivity index (χ3n) is 7.39. The van der Waals surface area contributed by atoms with Crippen LogP contribution in [0, 0.1) is 0 Å². The van der Waals surface area contributed by atoms with Crippen molar-refractivity contribution in [1.29, 1.82) is 0 Å². The number of hydrogen-bond donors (Lipinski definition) is 3. The van der Waals surface area contributed by atoms with E-state index in [1.165, 1.54) is 0 Å².